The molecule has 3 saturated carbocycles. The van der Waals surface area contributed by atoms with E-state index in [4.69, 9.17) is 33.2 Å². The predicted molar refractivity (Wildman–Crippen MR) is 241 cm³/mol. The third kappa shape index (κ3) is 8.69. The highest BCUT2D eigenvalue weighted by Crippen LogP contribution is 2.64. The number of hydrogen-bond donors (Lipinski definition) is 3. The first kappa shape index (κ1) is 49.0. The summed E-state index contributed by atoms with van der Waals surface area (Å²) in [6.45, 7) is 8.22. The van der Waals surface area contributed by atoms with Crippen LogP contribution in [0.3, 0.4) is 0 Å². The Balaban J connectivity index is 1.30. The first-order valence-corrected chi connectivity index (χ1v) is 23.2. The van der Waals surface area contributed by atoms with Gasteiger partial charge in [-0.3, -0.25) is 19.2 Å². The van der Waals surface area contributed by atoms with E-state index in [1.807, 2.05) is 0 Å². The Labute approximate surface area is 398 Å². The molecule has 11 atom stereocenters. The Hall–Kier alpha value is -6.43. The van der Waals surface area contributed by atoms with Gasteiger partial charge in [-0.15, -0.1) is 0 Å². The van der Waals surface area contributed by atoms with E-state index in [1.165, 1.54) is 32.9 Å². The minimum Gasteiger partial charge on any atom is -0.455 e. The normalized spacial score (nSPS) is 30.8. The number of ether oxygens (including phenoxy) is 7. The Kier molecular flexibility index (Phi) is 13.4. The lowest BCUT2D eigenvalue weighted by atomic mass is 9.44. The summed E-state index contributed by atoms with van der Waals surface area (Å²) in [7, 11) is 0. The highest BCUT2D eigenvalue weighted by atomic mass is 16.7. The molecule has 69 heavy (non-hydrogen) atoms. The molecule has 8 rings (SSSR count). The fourth-order valence-electron chi connectivity index (χ4n) is 10.9. The smallest absolute Gasteiger partial charge is 0.455 e. The maximum atomic E-state index is 15.8. The zero-order valence-corrected chi connectivity index (χ0v) is 39.2. The third-order valence-corrected chi connectivity index (χ3v) is 14.8. The molecule has 0 radical (unpaired) electrons. The number of rotatable bonds is 13. The summed E-state index contributed by atoms with van der Waals surface area (Å²) in [6, 6.07) is 22.8. The largest absolute Gasteiger partial charge is 0.509 e. The van der Waals surface area contributed by atoms with E-state index in [2.05, 4.69) is 5.32 Å². The van der Waals surface area contributed by atoms with E-state index in [9.17, 15) is 34.2 Å². The molecule has 3 aromatic rings. The molecule has 5 aliphatic rings. The number of Topliss-reactive ketones (excluding diaryl/α,β-unsaturated/α-hetero) is 1. The second-order valence-electron chi connectivity index (χ2n) is 19.2. The number of amides is 1. The van der Waals surface area contributed by atoms with Crippen LogP contribution < -0.4 is 5.32 Å². The lowest BCUT2D eigenvalue weighted by Crippen LogP contribution is -2.82. The number of carbonyl (C=O) groups is 7. The monoisotopic (exact) mass is 951 g/mol. The summed E-state index contributed by atoms with van der Waals surface area (Å²) in [5.74, 6) is -7.23. The van der Waals surface area contributed by atoms with Crippen LogP contribution in [0.2, 0.25) is 0 Å². The topological polar surface area (TPSA) is 237 Å². The van der Waals surface area contributed by atoms with E-state index in [-0.39, 0.29) is 41.9 Å². The van der Waals surface area contributed by atoms with Crippen LogP contribution in [0.25, 0.3) is 0 Å². The van der Waals surface area contributed by atoms with Crippen LogP contribution in [0.1, 0.15) is 99.5 Å². The van der Waals surface area contributed by atoms with E-state index < -0.39 is 125 Å². The number of aliphatic hydroxyl groups is 2. The fraction of sp³-hybridized carbons (Fsp3) is 0.481. The van der Waals surface area contributed by atoms with Gasteiger partial charge in [0.25, 0.3) is 5.91 Å². The molecule has 17 heteroatoms. The number of benzene rings is 3. The molecule has 0 aromatic heterocycles. The Morgan fingerprint density at radius 1 is 0.855 bits per heavy atom. The number of carbonyl (C=O) groups excluding carboxylic acids is 7. The molecule has 1 saturated heterocycles. The van der Waals surface area contributed by atoms with Crippen molar-refractivity contribution in [2.45, 2.75) is 121 Å². The van der Waals surface area contributed by atoms with Crippen molar-refractivity contribution in [1.29, 1.82) is 0 Å². The first-order chi connectivity index (χ1) is 32.8. The van der Waals surface area contributed by atoms with Crippen LogP contribution in [0, 0.1) is 22.7 Å². The Bertz CT molecular complexity index is 2530. The molecule has 4 fully saturated rings. The summed E-state index contributed by atoms with van der Waals surface area (Å²) >= 11 is 0. The Morgan fingerprint density at radius 2 is 1.46 bits per heavy atom. The average Bonchev–Trinajstić information content (AvgIpc) is 4.18. The summed E-state index contributed by atoms with van der Waals surface area (Å²) in [4.78, 5) is 99.4. The molecule has 3 N–H and O–H groups in total. The molecule has 1 heterocycles. The van der Waals surface area contributed by atoms with Crippen molar-refractivity contribution in [2.24, 2.45) is 22.7 Å². The Morgan fingerprint density at radius 3 is 2.03 bits per heavy atom. The van der Waals surface area contributed by atoms with Crippen LogP contribution in [0.4, 0.5) is 4.79 Å². The SMILES string of the molecule is CCOC(=O)OC(C(=O)OC1CC2(O)C(OC(=O)c3ccccc3)C3C4(OC(=O)C5CC5)COC4CC(O)C3(C)C(=O)C(OC(C)=O)C(=C1C)C2(C)C)C(NC(=O)c1ccccc1)c1ccccc1. The molecule has 0 spiro atoms. The van der Waals surface area contributed by atoms with E-state index in [1.54, 1.807) is 92.7 Å². The van der Waals surface area contributed by atoms with Crippen LogP contribution in [0.5, 0.6) is 0 Å². The van der Waals surface area contributed by atoms with Gasteiger partial charge in [0, 0.05) is 30.7 Å². The number of ketones is 1. The van der Waals surface area contributed by atoms with Crippen molar-refractivity contribution in [3.8, 4) is 0 Å². The summed E-state index contributed by atoms with van der Waals surface area (Å²) in [5.41, 5.74) is -7.33. The zero-order valence-electron chi connectivity index (χ0n) is 39.2. The van der Waals surface area contributed by atoms with Gasteiger partial charge in [0.05, 0.1) is 42.1 Å². The van der Waals surface area contributed by atoms with Gasteiger partial charge in [-0.25, -0.2) is 14.4 Å². The number of nitrogens with one attached hydrogen (secondary N) is 1. The van der Waals surface area contributed by atoms with Crippen LogP contribution in [-0.2, 0) is 52.3 Å². The minimum atomic E-state index is -2.45. The second kappa shape index (κ2) is 18.8. The third-order valence-electron chi connectivity index (χ3n) is 14.8. The molecular weight excluding hydrogens is 895 g/mol. The standard InChI is InChI=1S/C52H57NO16/c1-7-63-48(61)67-40(38(30-17-11-8-12-18-30)53-44(57)31-19-13-9-14-20-31)47(60)66-34-26-52(62)43(68-45(58)32-21-15-10-16-22-32)41-50(6,42(56)39(65-29(3)54)37(28(34)2)49(52,4)5)35(55)25-36-51(41,27-64-36)69-46(59)33-23-24-33/h8-22,33-36,38-41,43,55,62H,7,23-27H2,1-6H3,(H,53,57). The highest BCUT2D eigenvalue weighted by Gasteiger charge is 2.78. The summed E-state index contributed by atoms with van der Waals surface area (Å²) in [6.07, 6.45) is -10.9. The van der Waals surface area contributed by atoms with Crippen molar-refractivity contribution in [3.05, 3.63) is 119 Å². The van der Waals surface area contributed by atoms with Gasteiger partial charge in [-0.1, -0.05) is 80.6 Å². The van der Waals surface area contributed by atoms with Gasteiger partial charge >= 0.3 is 30.0 Å². The minimum absolute atomic E-state index is 0.0299. The van der Waals surface area contributed by atoms with Crippen molar-refractivity contribution in [3.63, 3.8) is 0 Å². The number of hydrogen-bond acceptors (Lipinski definition) is 16. The van der Waals surface area contributed by atoms with Gasteiger partial charge in [-0.2, -0.15) is 0 Å². The van der Waals surface area contributed by atoms with E-state index in [0.29, 0.717) is 18.4 Å². The number of esters is 4. The molecule has 17 nitrogen and oxygen atoms in total. The quantitative estimate of drug-likeness (QED) is 0.112. The van der Waals surface area contributed by atoms with Crippen molar-refractivity contribution >= 4 is 41.7 Å². The molecule has 4 aliphatic carbocycles. The summed E-state index contributed by atoms with van der Waals surface area (Å²) in [5, 5.41) is 29.0. The van der Waals surface area contributed by atoms with Crippen LogP contribution >= 0.6 is 0 Å². The van der Waals surface area contributed by atoms with Crippen LogP contribution in [-0.4, -0.2) is 113 Å². The van der Waals surface area contributed by atoms with E-state index >= 15 is 9.59 Å². The summed E-state index contributed by atoms with van der Waals surface area (Å²) < 4.78 is 42.0. The van der Waals surface area contributed by atoms with Crippen molar-refractivity contribution in [1.82, 2.24) is 5.32 Å². The van der Waals surface area contributed by atoms with Gasteiger partial charge in [0.2, 0.25) is 6.10 Å². The molecule has 366 valence electrons. The molecule has 1 amide bonds. The molecule has 2 bridgehead atoms. The number of fused-ring (bicyclic) bond motifs is 5. The fourth-order valence-corrected chi connectivity index (χ4v) is 10.9. The van der Waals surface area contributed by atoms with Crippen molar-refractivity contribution in [2.75, 3.05) is 13.2 Å². The van der Waals surface area contributed by atoms with Gasteiger partial charge in [0.15, 0.2) is 17.5 Å². The van der Waals surface area contributed by atoms with Gasteiger partial charge < -0.3 is 48.7 Å². The maximum Gasteiger partial charge on any atom is 0.509 e. The second-order valence-corrected chi connectivity index (χ2v) is 19.2. The highest BCUT2D eigenvalue weighted by molar-refractivity contribution is 5.96. The lowest BCUT2D eigenvalue weighted by molar-refractivity contribution is -0.346. The van der Waals surface area contributed by atoms with Crippen molar-refractivity contribution < 1.29 is 76.9 Å². The molecule has 11 unspecified atom stereocenters. The average molecular weight is 952 g/mol. The predicted octanol–water partition coefficient (Wildman–Crippen LogP) is 5.31. The van der Waals surface area contributed by atoms with Crippen LogP contribution in [0.15, 0.2) is 102 Å². The zero-order chi connectivity index (χ0) is 49.6. The lowest BCUT2D eigenvalue weighted by Gasteiger charge is -2.67. The molecule has 1 aliphatic heterocycles. The molecular formula is C52H57NO16. The van der Waals surface area contributed by atoms with E-state index in [0.717, 1.165) is 6.92 Å². The molecule has 3 aromatic carbocycles. The first-order valence-electron chi connectivity index (χ1n) is 23.2. The number of aliphatic hydroxyl groups excluding tert-OH is 1. The maximum absolute atomic E-state index is 15.8. The van der Waals surface area contributed by atoms with Gasteiger partial charge in [0.1, 0.15) is 30.0 Å². The van der Waals surface area contributed by atoms with Gasteiger partial charge in [-0.05, 0) is 74.6 Å².